The zero-order valence-corrected chi connectivity index (χ0v) is 11.0. The summed E-state index contributed by atoms with van der Waals surface area (Å²) in [6.07, 6.45) is 0.914. The number of hydrogen-bond donors (Lipinski definition) is 1. The Kier molecular flexibility index (Phi) is 3.94. The number of rotatable bonds is 1. The molecule has 3 unspecified atom stereocenters. The quantitative estimate of drug-likeness (QED) is 0.834. The van der Waals surface area contributed by atoms with Crippen molar-refractivity contribution < 1.29 is 8.60 Å². The molecule has 1 aromatic rings. The van der Waals surface area contributed by atoms with Crippen LogP contribution in [0.15, 0.2) is 18.2 Å². The average Bonchev–Trinajstić information content (AvgIpc) is 2.46. The van der Waals surface area contributed by atoms with Crippen LogP contribution in [0.3, 0.4) is 0 Å². The van der Waals surface area contributed by atoms with Gasteiger partial charge < -0.3 is 5.32 Å². The number of aryl methyl sites for hydroxylation is 1. The summed E-state index contributed by atoms with van der Waals surface area (Å²) in [5.41, 5.74) is 1.55. The molecule has 1 heterocycles. The Morgan fingerprint density at radius 2 is 2.24 bits per heavy atom. The summed E-state index contributed by atoms with van der Waals surface area (Å²) in [7, 11) is -0.830. The lowest BCUT2D eigenvalue weighted by Crippen LogP contribution is -2.24. The molecule has 1 aliphatic rings. The maximum Gasteiger partial charge on any atom is 0.126 e. The van der Waals surface area contributed by atoms with Gasteiger partial charge in [-0.25, -0.2) is 4.39 Å². The number of halogens is 1. The topological polar surface area (TPSA) is 29.1 Å². The van der Waals surface area contributed by atoms with Crippen LogP contribution >= 0.6 is 0 Å². The average molecular weight is 255 g/mol. The van der Waals surface area contributed by atoms with Crippen LogP contribution in [0.1, 0.15) is 30.5 Å². The Labute approximate surface area is 104 Å². The van der Waals surface area contributed by atoms with Crippen LogP contribution < -0.4 is 5.32 Å². The fourth-order valence-electron chi connectivity index (χ4n) is 2.02. The standard InChI is InChI=1S/C13H18FNOS/c1-9-3-4-11(7-12(9)14)13-8-17(16)10(2)5-6-15-13/h3-4,7,10,13,15H,5-6,8H2,1-2H3. The van der Waals surface area contributed by atoms with Gasteiger partial charge in [-0.3, -0.25) is 4.21 Å². The van der Waals surface area contributed by atoms with E-state index < -0.39 is 10.8 Å². The molecule has 0 amide bonds. The lowest BCUT2D eigenvalue weighted by molar-refractivity contribution is 0.567. The molecule has 94 valence electrons. The maximum absolute atomic E-state index is 13.5. The highest BCUT2D eigenvalue weighted by Crippen LogP contribution is 2.21. The van der Waals surface area contributed by atoms with Gasteiger partial charge in [-0.1, -0.05) is 19.1 Å². The first-order valence-electron chi connectivity index (χ1n) is 5.94. The van der Waals surface area contributed by atoms with Gasteiger partial charge in [0.15, 0.2) is 0 Å². The Balaban J connectivity index is 2.21. The Bertz CT molecular complexity index is 435. The van der Waals surface area contributed by atoms with Crippen molar-refractivity contribution in [3.63, 3.8) is 0 Å². The minimum Gasteiger partial charge on any atom is -0.309 e. The SMILES string of the molecule is Cc1ccc(C2CS(=O)C(C)CCN2)cc1F. The van der Waals surface area contributed by atoms with E-state index in [-0.39, 0.29) is 17.1 Å². The summed E-state index contributed by atoms with van der Waals surface area (Å²) >= 11 is 0. The molecule has 1 saturated heterocycles. The summed E-state index contributed by atoms with van der Waals surface area (Å²) in [5.74, 6) is 0.385. The first kappa shape index (κ1) is 12.7. The number of benzene rings is 1. The summed E-state index contributed by atoms with van der Waals surface area (Å²) < 4.78 is 25.4. The lowest BCUT2D eigenvalue weighted by Gasteiger charge is -2.16. The second-order valence-electron chi connectivity index (χ2n) is 4.66. The van der Waals surface area contributed by atoms with Crippen LogP contribution in [0.25, 0.3) is 0 Å². The van der Waals surface area contributed by atoms with Gasteiger partial charge in [0.25, 0.3) is 0 Å². The first-order valence-corrected chi connectivity index (χ1v) is 7.32. The van der Waals surface area contributed by atoms with Gasteiger partial charge in [-0.2, -0.15) is 0 Å². The lowest BCUT2D eigenvalue weighted by atomic mass is 10.1. The zero-order chi connectivity index (χ0) is 12.4. The van der Waals surface area contributed by atoms with Crippen LogP contribution in [-0.4, -0.2) is 21.8 Å². The molecule has 2 rings (SSSR count). The van der Waals surface area contributed by atoms with Gasteiger partial charge in [0, 0.05) is 27.8 Å². The van der Waals surface area contributed by atoms with Crippen LogP contribution in [-0.2, 0) is 10.8 Å². The van der Waals surface area contributed by atoms with E-state index in [4.69, 9.17) is 0 Å². The molecule has 0 saturated carbocycles. The minimum atomic E-state index is -0.830. The Morgan fingerprint density at radius 1 is 1.47 bits per heavy atom. The zero-order valence-electron chi connectivity index (χ0n) is 10.2. The molecular weight excluding hydrogens is 237 g/mol. The maximum atomic E-state index is 13.5. The van der Waals surface area contributed by atoms with Crippen molar-refractivity contribution in [3.8, 4) is 0 Å². The van der Waals surface area contributed by atoms with Gasteiger partial charge in [0.1, 0.15) is 5.82 Å². The molecule has 3 atom stereocenters. The fourth-order valence-corrected chi connectivity index (χ4v) is 3.37. The van der Waals surface area contributed by atoms with Crippen LogP contribution in [0, 0.1) is 12.7 Å². The molecule has 0 bridgehead atoms. The van der Waals surface area contributed by atoms with Gasteiger partial charge >= 0.3 is 0 Å². The molecule has 0 spiro atoms. The molecule has 0 radical (unpaired) electrons. The Hall–Kier alpha value is -0.740. The highest BCUT2D eigenvalue weighted by atomic mass is 32.2. The van der Waals surface area contributed by atoms with Crippen LogP contribution in [0.2, 0.25) is 0 Å². The summed E-state index contributed by atoms with van der Waals surface area (Å²) in [4.78, 5) is 0. The van der Waals surface area contributed by atoms with Gasteiger partial charge in [-0.05, 0) is 37.1 Å². The predicted molar refractivity (Wildman–Crippen MR) is 69.0 cm³/mol. The van der Waals surface area contributed by atoms with Crippen molar-refractivity contribution in [1.29, 1.82) is 0 Å². The number of nitrogens with one attached hydrogen (secondary N) is 1. The largest absolute Gasteiger partial charge is 0.309 e. The second kappa shape index (κ2) is 5.27. The monoisotopic (exact) mass is 255 g/mol. The van der Waals surface area contributed by atoms with Crippen molar-refractivity contribution in [3.05, 3.63) is 35.1 Å². The van der Waals surface area contributed by atoms with E-state index in [1.807, 2.05) is 13.0 Å². The van der Waals surface area contributed by atoms with Crippen molar-refractivity contribution in [2.24, 2.45) is 0 Å². The van der Waals surface area contributed by atoms with Crippen molar-refractivity contribution in [2.45, 2.75) is 31.6 Å². The normalized spacial score (nSPS) is 29.9. The van der Waals surface area contributed by atoms with Crippen LogP contribution in [0.4, 0.5) is 4.39 Å². The van der Waals surface area contributed by atoms with E-state index in [2.05, 4.69) is 5.32 Å². The molecule has 0 aromatic heterocycles. The molecule has 0 aliphatic carbocycles. The third-order valence-electron chi connectivity index (χ3n) is 3.32. The molecular formula is C13H18FNOS. The highest BCUT2D eigenvalue weighted by molar-refractivity contribution is 7.85. The van der Waals surface area contributed by atoms with Gasteiger partial charge in [-0.15, -0.1) is 0 Å². The molecule has 1 aliphatic heterocycles. The molecule has 1 N–H and O–H groups in total. The van der Waals surface area contributed by atoms with E-state index >= 15 is 0 Å². The van der Waals surface area contributed by atoms with E-state index in [1.165, 1.54) is 0 Å². The van der Waals surface area contributed by atoms with E-state index in [0.29, 0.717) is 11.3 Å². The summed E-state index contributed by atoms with van der Waals surface area (Å²) in [5, 5.41) is 3.57. The summed E-state index contributed by atoms with van der Waals surface area (Å²) in [6, 6.07) is 5.27. The molecule has 1 aromatic carbocycles. The van der Waals surface area contributed by atoms with E-state index in [1.54, 1.807) is 19.1 Å². The first-order chi connectivity index (χ1) is 8.08. The fraction of sp³-hybridized carbons (Fsp3) is 0.538. The van der Waals surface area contributed by atoms with Gasteiger partial charge in [0.2, 0.25) is 0 Å². The molecule has 1 fully saturated rings. The van der Waals surface area contributed by atoms with Crippen molar-refractivity contribution >= 4 is 10.8 Å². The number of hydrogen-bond acceptors (Lipinski definition) is 2. The summed E-state index contributed by atoms with van der Waals surface area (Å²) in [6.45, 7) is 4.60. The third-order valence-corrected chi connectivity index (χ3v) is 5.11. The smallest absolute Gasteiger partial charge is 0.126 e. The van der Waals surface area contributed by atoms with E-state index in [0.717, 1.165) is 18.5 Å². The highest BCUT2D eigenvalue weighted by Gasteiger charge is 2.22. The second-order valence-corrected chi connectivity index (χ2v) is 6.56. The van der Waals surface area contributed by atoms with Crippen molar-refractivity contribution in [1.82, 2.24) is 5.32 Å². The van der Waals surface area contributed by atoms with E-state index in [9.17, 15) is 8.60 Å². The van der Waals surface area contributed by atoms with Gasteiger partial charge in [0.05, 0.1) is 0 Å². The minimum absolute atomic E-state index is 0.0101. The Morgan fingerprint density at radius 3 is 2.94 bits per heavy atom. The predicted octanol–water partition coefficient (Wildman–Crippen LogP) is 2.31. The third kappa shape index (κ3) is 2.93. The molecule has 2 nitrogen and oxygen atoms in total. The van der Waals surface area contributed by atoms with Crippen molar-refractivity contribution in [2.75, 3.05) is 12.3 Å². The molecule has 4 heteroatoms. The molecule has 17 heavy (non-hydrogen) atoms. The van der Waals surface area contributed by atoms with Crippen LogP contribution in [0.5, 0.6) is 0 Å².